The number of hydrogen-bond donors (Lipinski definition) is 0. The fourth-order valence-electron chi connectivity index (χ4n) is 8.54. The Balaban J connectivity index is 1.37. The van der Waals surface area contributed by atoms with Gasteiger partial charge in [0.1, 0.15) is 23.3 Å². The zero-order valence-electron chi connectivity index (χ0n) is 32.9. The Morgan fingerprint density at radius 1 is 0.407 bits per heavy atom. The Morgan fingerprint density at radius 2 is 0.831 bits per heavy atom. The Labute approximate surface area is 339 Å². The van der Waals surface area contributed by atoms with Crippen LogP contribution in [0.3, 0.4) is 0 Å². The molecule has 0 spiro atoms. The third-order valence-corrected chi connectivity index (χ3v) is 10.8. The quantitative estimate of drug-likeness (QED) is 0.169. The van der Waals surface area contributed by atoms with Gasteiger partial charge in [-0.2, -0.15) is 10.5 Å². The van der Waals surface area contributed by atoms with Crippen LogP contribution in [0.25, 0.3) is 88.9 Å². The summed E-state index contributed by atoms with van der Waals surface area (Å²) in [5, 5.41) is 25.3. The summed E-state index contributed by atoms with van der Waals surface area (Å²) in [4.78, 5) is 27.7. The van der Waals surface area contributed by atoms with Gasteiger partial charge in [-0.15, -0.1) is 0 Å². The monoisotopic (exact) mass is 762 g/mol. The van der Waals surface area contributed by atoms with Crippen molar-refractivity contribution in [2.24, 2.45) is 0 Å². The van der Waals surface area contributed by atoms with Crippen molar-refractivity contribution in [2.75, 3.05) is 0 Å². The second-order valence-corrected chi connectivity index (χ2v) is 14.9. The zero-order chi connectivity index (χ0) is 40.5. The molecule has 4 aromatic heterocycles. The van der Waals surface area contributed by atoms with Gasteiger partial charge in [0.25, 0.3) is 0 Å². The van der Waals surface area contributed by atoms with Crippen LogP contribution in [0.1, 0.15) is 40.0 Å². The van der Waals surface area contributed by atoms with Crippen molar-refractivity contribution in [1.82, 2.24) is 39.0 Å². The Hall–Kier alpha value is -8.08. The van der Waals surface area contributed by atoms with Crippen LogP contribution in [0, 0.1) is 57.3 Å². The predicted octanol–water partition coefficient (Wildman–Crippen LogP) is 10.5. The maximum atomic E-state index is 10.9. The van der Waals surface area contributed by atoms with E-state index in [-0.39, 0.29) is 0 Å². The molecule has 0 fully saturated rings. The normalized spacial score (nSPS) is 11.4. The van der Waals surface area contributed by atoms with Crippen LogP contribution in [0.5, 0.6) is 0 Å². The van der Waals surface area contributed by atoms with Gasteiger partial charge in [-0.3, -0.25) is 0 Å². The molecule has 0 aliphatic heterocycles. The van der Waals surface area contributed by atoms with Crippen LogP contribution < -0.4 is 0 Å². The summed E-state index contributed by atoms with van der Waals surface area (Å²) >= 11 is 0. The van der Waals surface area contributed by atoms with Gasteiger partial charge < -0.3 is 9.13 Å². The topological polar surface area (TPSA) is 135 Å². The molecule has 0 radical (unpaired) electrons. The van der Waals surface area contributed by atoms with Gasteiger partial charge in [-0.25, -0.2) is 29.9 Å². The average molecular weight is 763 g/mol. The van der Waals surface area contributed by atoms with E-state index in [0.29, 0.717) is 46.1 Å². The maximum Gasteiger partial charge on any atom is 0.163 e. The lowest BCUT2D eigenvalue weighted by molar-refractivity contribution is 0.928. The van der Waals surface area contributed by atoms with Crippen LogP contribution >= 0.6 is 0 Å². The van der Waals surface area contributed by atoms with Crippen LogP contribution in [-0.4, -0.2) is 39.0 Å². The van der Waals surface area contributed by atoms with E-state index in [9.17, 15) is 10.5 Å². The molecule has 0 saturated carbocycles. The molecular formula is C49H34N10. The number of nitriles is 2. The van der Waals surface area contributed by atoms with Gasteiger partial charge in [-0.1, -0.05) is 66.7 Å². The molecule has 59 heavy (non-hydrogen) atoms. The van der Waals surface area contributed by atoms with Gasteiger partial charge in [0.05, 0.1) is 56.7 Å². The molecular weight excluding hydrogens is 729 g/mol. The third-order valence-electron chi connectivity index (χ3n) is 10.8. The first-order chi connectivity index (χ1) is 28.7. The molecule has 0 aliphatic carbocycles. The Kier molecular flexibility index (Phi) is 8.11. The van der Waals surface area contributed by atoms with Gasteiger partial charge in [0.15, 0.2) is 11.6 Å². The number of fused-ring (bicyclic) bond motifs is 6. The number of para-hydroxylation sites is 2. The number of hydrogen-bond acceptors (Lipinski definition) is 8. The molecule has 0 saturated heterocycles. The first-order valence-electron chi connectivity index (χ1n) is 19.2. The number of benzene rings is 6. The molecule has 0 atom stereocenters. The molecule has 10 rings (SSSR count). The molecule has 10 aromatic rings. The minimum atomic E-state index is 0.475. The smallest absolute Gasteiger partial charge is 0.163 e. The van der Waals surface area contributed by atoms with E-state index >= 15 is 0 Å². The molecule has 280 valence electrons. The van der Waals surface area contributed by atoms with Crippen LogP contribution in [-0.2, 0) is 0 Å². The SMILES string of the molecule is Cc1cc(C#N)cc(-c2c(-n3c4ccccc4c4ccc(-c5nc(C)nc(C)n5)cc43)cc(C#N)cc2-n2c3ccccc3c3ccc(-c4nc(C)nc(C)n4)cc32)c1. The zero-order valence-corrected chi connectivity index (χ0v) is 32.9. The minimum absolute atomic E-state index is 0.475. The van der Waals surface area contributed by atoms with Crippen molar-refractivity contribution in [3.63, 3.8) is 0 Å². The highest BCUT2D eigenvalue weighted by Crippen LogP contribution is 2.44. The molecule has 0 bridgehead atoms. The van der Waals surface area contributed by atoms with E-state index in [0.717, 1.165) is 82.8 Å². The number of nitrogens with zero attached hydrogens (tertiary/aromatic N) is 10. The Bertz CT molecular complexity index is 3260. The number of rotatable bonds is 5. The molecule has 0 unspecified atom stereocenters. The summed E-state index contributed by atoms with van der Waals surface area (Å²) in [6.07, 6.45) is 0. The number of aryl methyl sites for hydroxylation is 5. The van der Waals surface area contributed by atoms with Crippen LogP contribution in [0.2, 0.25) is 0 Å². The molecule has 10 heteroatoms. The summed E-state index contributed by atoms with van der Waals surface area (Å²) < 4.78 is 4.47. The first kappa shape index (κ1) is 35.3. The lowest BCUT2D eigenvalue weighted by atomic mass is 9.95. The van der Waals surface area contributed by atoms with Gasteiger partial charge in [-0.05, 0) is 94.3 Å². The van der Waals surface area contributed by atoms with Gasteiger partial charge in [0.2, 0.25) is 0 Å². The molecule has 0 amide bonds. The highest BCUT2D eigenvalue weighted by molar-refractivity contribution is 6.13. The average Bonchev–Trinajstić information content (AvgIpc) is 3.74. The highest BCUT2D eigenvalue weighted by Gasteiger charge is 2.24. The molecule has 4 heterocycles. The van der Waals surface area contributed by atoms with Crippen molar-refractivity contribution in [3.8, 4) is 57.4 Å². The second-order valence-electron chi connectivity index (χ2n) is 14.9. The van der Waals surface area contributed by atoms with Crippen molar-refractivity contribution < 1.29 is 0 Å². The summed E-state index contributed by atoms with van der Waals surface area (Å²) in [5.41, 5.74) is 10.7. The highest BCUT2D eigenvalue weighted by atomic mass is 15.0. The van der Waals surface area contributed by atoms with E-state index in [1.807, 2.05) is 83.1 Å². The van der Waals surface area contributed by atoms with E-state index < -0.39 is 0 Å². The largest absolute Gasteiger partial charge is 0.308 e. The molecule has 0 N–H and O–H groups in total. The molecule has 10 nitrogen and oxygen atoms in total. The van der Waals surface area contributed by atoms with Crippen molar-refractivity contribution >= 4 is 43.6 Å². The molecule has 6 aromatic carbocycles. The fourth-order valence-corrected chi connectivity index (χ4v) is 8.54. The molecule has 0 aliphatic rings. The lowest BCUT2D eigenvalue weighted by Crippen LogP contribution is -2.06. The fraction of sp³-hybridized carbons (Fsp3) is 0.102. The van der Waals surface area contributed by atoms with Crippen molar-refractivity contribution in [1.29, 1.82) is 10.5 Å². The lowest BCUT2D eigenvalue weighted by Gasteiger charge is -2.21. The van der Waals surface area contributed by atoms with Crippen molar-refractivity contribution in [2.45, 2.75) is 34.6 Å². The van der Waals surface area contributed by atoms with E-state index in [1.165, 1.54) is 0 Å². The van der Waals surface area contributed by atoms with E-state index in [2.05, 4.69) is 98.0 Å². The first-order valence-corrected chi connectivity index (χ1v) is 19.2. The standard InChI is InChI=1S/C49H34N10/c1-27-18-32(25-50)20-36(19-27)47-45(58-41-12-8-6-10-37(41)39-16-14-34(23-43(39)58)48-54-28(2)52-29(3)55-48)21-33(26-51)22-46(47)59-42-13-9-7-11-38(42)40-17-15-35(24-44(40)59)49-56-30(4)53-31(5)57-49/h6-24H,1-5H3. The second kappa shape index (κ2) is 13.5. The van der Waals surface area contributed by atoms with Gasteiger partial charge in [0, 0.05) is 38.2 Å². The maximum absolute atomic E-state index is 10.9. The predicted molar refractivity (Wildman–Crippen MR) is 231 cm³/mol. The van der Waals surface area contributed by atoms with E-state index in [1.54, 1.807) is 0 Å². The third kappa shape index (κ3) is 5.86. The summed E-state index contributed by atoms with van der Waals surface area (Å²) in [6, 6.07) is 43.9. The van der Waals surface area contributed by atoms with Gasteiger partial charge >= 0.3 is 0 Å². The van der Waals surface area contributed by atoms with Crippen molar-refractivity contribution in [3.05, 3.63) is 155 Å². The number of aromatic nitrogens is 8. The van der Waals surface area contributed by atoms with Crippen LogP contribution in [0.4, 0.5) is 0 Å². The van der Waals surface area contributed by atoms with E-state index in [4.69, 9.17) is 19.9 Å². The summed E-state index contributed by atoms with van der Waals surface area (Å²) in [6.45, 7) is 9.49. The summed E-state index contributed by atoms with van der Waals surface area (Å²) in [7, 11) is 0. The summed E-state index contributed by atoms with van der Waals surface area (Å²) in [5.74, 6) is 3.74. The Morgan fingerprint density at radius 3 is 1.29 bits per heavy atom. The minimum Gasteiger partial charge on any atom is -0.308 e. The van der Waals surface area contributed by atoms with Crippen LogP contribution in [0.15, 0.2) is 115 Å².